The van der Waals surface area contributed by atoms with Crippen LogP contribution in [-0.4, -0.2) is 70.7 Å². The van der Waals surface area contributed by atoms with Gasteiger partial charge in [0, 0.05) is 30.0 Å². The van der Waals surface area contributed by atoms with E-state index in [4.69, 9.17) is 11.6 Å². The summed E-state index contributed by atoms with van der Waals surface area (Å²) >= 11 is 6.01. The van der Waals surface area contributed by atoms with Crippen LogP contribution in [0.15, 0.2) is 37.2 Å². The number of hydrogen-bond acceptors (Lipinski definition) is 8. The topological polar surface area (TPSA) is 142 Å². The predicted molar refractivity (Wildman–Crippen MR) is 153 cm³/mol. The minimum atomic E-state index is -4.75. The second kappa shape index (κ2) is 12.4. The van der Waals surface area contributed by atoms with E-state index in [2.05, 4.69) is 40.5 Å². The fourth-order valence-electron chi connectivity index (χ4n) is 5.27. The first kappa shape index (κ1) is 31.5. The number of carbonyl (C=O) groups excluding carboxylic acids is 1. The minimum Gasteiger partial charge on any atom is -0.351 e. The third-order valence-electron chi connectivity index (χ3n) is 7.68. The Balaban J connectivity index is 1.17. The van der Waals surface area contributed by atoms with Crippen molar-refractivity contribution >= 4 is 29.4 Å². The molecule has 244 valence electrons. The van der Waals surface area contributed by atoms with E-state index in [9.17, 15) is 31.1 Å². The van der Waals surface area contributed by atoms with E-state index in [1.807, 2.05) is 16.2 Å². The minimum absolute atomic E-state index is 0.0518. The number of halogens is 7. The normalized spacial score (nSPS) is 18.8. The zero-order valence-corrected chi connectivity index (χ0v) is 24.5. The summed E-state index contributed by atoms with van der Waals surface area (Å²) in [6.07, 6.45) is 2.23. The number of H-pyrrole nitrogens is 1. The molecule has 2 fully saturated rings. The van der Waals surface area contributed by atoms with Gasteiger partial charge >= 0.3 is 18.4 Å². The van der Waals surface area contributed by atoms with Gasteiger partial charge in [-0.1, -0.05) is 11.6 Å². The average molecular weight is 670 g/mol. The molecule has 0 aliphatic heterocycles. The second-order valence-electron chi connectivity index (χ2n) is 11.0. The second-order valence-corrected chi connectivity index (χ2v) is 11.4. The van der Waals surface area contributed by atoms with E-state index in [0.29, 0.717) is 49.2 Å². The van der Waals surface area contributed by atoms with Crippen molar-refractivity contribution in [1.29, 1.82) is 0 Å². The molecule has 0 aromatic carbocycles. The lowest BCUT2D eigenvalue weighted by molar-refractivity contribution is -0.137. The van der Waals surface area contributed by atoms with Gasteiger partial charge in [0.15, 0.2) is 5.82 Å². The van der Waals surface area contributed by atoms with Crippen molar-refractivity contribution < 1.29 is 31.1 Å². The monoisotopic (exact) mass is 669 g/mol. The SMILES string of the molecule is O=C(NCC(F)(F)F)N(c1cnc(-c2cnn(C3CC3)c2)cn1)C1CCC(Nc2ncc(C(F)(F)F)c(-c3[nH]ncc3Cl)n2)CC1. The fraction of sp³-hybridized carbons (Fsp3) is 0.444. The summed E-state index contributed by atoms with van der Waals surface area (Å²) in [6, 6.07) is -1.47. The van der Waals surface area contributed by atoms with Gasteiger partial charge in [-0.3, -0.25) is 19.7 Å². The summed E-state index contributed by atoms with van der Waals surface area (Å²) in [4.78, 5) is 30.9. The van der Waals surface area contributed by atoms with Gasteiger partial charge in [0.2, 0.25) is 5.95 Å². The third-order valence-corrected chi connectivity index (χ3v) is 7.97. The van der Waals surface area contributed by atoms with Crippen LogP contribution in [-0.2, 0) is 6.18 Å². The zero-order valence-electron chi connectivity index (χ0n) is 23.8. The lowest BCUT2D eigenvalue weighted by Crippen LogP contribution is -2.50. The van der Waals surface area contributed by atoms with E-state index in [1.54, 1.807) is 6.20 Å². The molecule has 2 saturated carbocycles. The number of anilines is 2. The van der Waals surface area contributed by atoms with Crippen molar-refractivity contribution in [2.45, 2.75) is 69.0 Å². The molecule has 2 aliphatic rings. The van der Waals surface area contributed by atoms with E-state index in [1.165, 1.54) is 17.3 Å². The van der Waals surface area contributed by atoms with Gasteiger partial charge in [0.05, 0.1) is 41.5 Å². The molecule has 0 bridgehead atoms. The number of urea groups is 1. The first-order chi connectivity index (χ1) is 21.9. The van der Waals surface area contributed by atoms with Crippen molar-refractivity contribution in [3.63, 3.8) is 0 Å². The van der Waals surface area contributed by atoms with Gasteiger partial charge in [0.25, 0.3) is 0 Å². The number of hydrogen-bond donors (Lipinski definition) is 3. The number of amides is 2. The van der Waals surface area contributed by atoms with E-state index >= 15 is 0 Å². The number of carbonyl (C=O) groups is 1. The molecule has 2 aliphatic carbocycles. The Bertz CT molecular complexity index is 1680. The Morgan fingerprint density at radius 3 is 2.35 bits per heavy atom. The lowest BCUT2D eigenvalue weighted by Gasteiger charge is -2.36. The summed E-state index contributed by atoms with van der Waals surface area (Å²) < 4.78 is 81.7. The van der Waals surface area contributed by atoms with Crippen LogP contribution in [0.5, 0.6) is 0 Å². The highest BCUT2D eigenvalue weighted by atomic mass is 35.5. The molecule has 3 N–H and O–H groups in total. The Kier molecular flexibility index (Phi) is 8.47. The van der Waals surface area contributed by atoms with E-state index in [0.717, 1.165) is 19.0 Å². The fourth-order valence-corrected chi connectivity index (χ4v) is 5.45. The van der Waals surface area contributed by atoms with Crippen LogP contribution in [0.2, 0.25) is 5.02 Å². The van der Waals surface area contributed by atoms with Gasteiger partial charge in [-0.15, -0.1) is 0 Å². The first-order valence-electron chi connectivity index (χ1n) is 14.3. The summed E-state index contributed by atoms with van der Waals surface area (Å²) in [5.41, 5.74) is -0.485. The van der Waals surface area contributed by atoms with Crippen molar-refractivity contribution in [3.05, 3.63) is 47.8 Å². The van der Waals surface area contributed by atoms with Crippen molar-refractivity contribution in [3.8, 4) is 22.6 Å². The maximum Gasteiger partial charge on any atom is 0.420 e. The predicted octanol–water partition coefficient (Wildman–Crippen LogP) is 6.03. The number of alkyl halides is 6. The van der Waals surface area contributed by atoms with Crippen LogP contribution in [0.25, 0.3) is 22.6 Å². The molecule has 2 amide bonds. The molecular formula is C27H26ClF6N11O. The summed E-state index contributed by atoms with van der Waals surface area (Å²) in [5, 5.41) is 15.3. The van der Waals surface area contributed by atoms with Crippen LogP contribution in [0.4, 0.5) is 42.9 Å². The summed E-state index contributed by atoms with van der Waals surface area (Å²) in [7, 11) is 0. The highest BCUT2D eigenvalue weighted by molar-refractivity contribution is 6.32. The Morgan fingerprint density at radius 2 is 1.74 bits per heavy atom. The number of nitrogens with one attached hydrogen (secondary N) is 3. The van der Waals surface area contributed by atoms with Crippen LogP contribution < -0.4 is 15.5 Å². The largest absolute Gasteiger partial charge is 0.420 e. The van der Waals surface area contributed by atoms with E-state index < -0.39 is 42.2 Å². The number of aromatic nitrogens is 8. The molecular weight excluding hydrogens is 644 g/mol. The Labute approximate surface area is 262 Å². The quantitative estimate of drug-likeness (QED) is 0.193. The molecule has 0 spiro atoms. The highest BCUT2D eigenvalue weighted by Gasteiger charge is 2.38. The molecule has 0 radical (unpaired) electrons. The summed E-state index contributed by atoms with van der Waals surface area (Å²) in [5.74, 6) is -0.00933. The molecule has 46 heavy (non-hydrogen) atoms. The molecule has 19 heteroatoms. The third kappa shape index (κ3) is 7.16. The van der Waals surface area contributed by atoms with Gasteiger partial charge < -0.3 is 10.6 Å². The van der Waals surface area contributed by atoms with Gasteiger partial charge in [-0.05, 0) is 38.5 Å². The summed E-state index contributed by atoms with van der Waals surface area (Å²) in [6.45, 7) is -1.53. The molecule has 0 saturated heterocycles. The van der Waals surface area contributed by atoms with Gasteiger partial charge in [-0.25, -0.2) is 19.7 Å². The molecule has 12 nitrogen and oxygen atoms in total. The molecule has 6 rings (SSSR count). The number of nitrogens with zero attached hydrogens (tertiary/aromatic N) is 8. The standard InChI is InChI=1S/C27H26ClF6N11O/c28-19-9-39-43-23(19)22-18(27(32,33)34)8-37-24(42-22)41-15-1-3-17(4-2-15)45(25(46)38-13-26(29,30)31)21-11-35-20(10-36-21)14-7-40-44(12-14)16-5-6-16/h7-12,15-17H,1-6,13H2,(H,38,46)(H,39,43)(H,37,41,42). The zero-order chi connectivity index (χ0) is 32.6. The number of aromatic amines is 1. The van der Waals surface area contributed by atoms with Gasteiger partial charge in [-0.2, -0.15) is 36.5 Å². The molecule has 0 atom stereocenters. The van der Waals surface area contributed by atoms with Crippen molar-refractivity contribution in [1.82, 2.24) is 45.2 Å². The van der Waals surface area contributed by atoms with Crippen molar-refractivity contribution in [2.24, 2.45) is 0 Å². The molecule has 0 unspecified atom stereocenters. The average Bonchev–Trinajstić information content (AvgIpc) is 3.58. The maximum absolute atomic E-state index is 13.7. The lowest BCUT2D eigenvalue weighted by atomic mass is 9.90. The maximum atomic E-state index is 13.7. The van der Waals surface area contributed by atoms with Crippen LogP contribution >= 0.6 is 11.6 Å². The smallest absolute Gasteiger partial charge is 0.351 e. The molecule has 4 heterocycles. The van der Waals surface area contributed by atoms with E-state index in [-0.39, 0.29) is 28.5 Å². The number of rotatable bonds is 8. The molecule has 4 aromatic heterocycles. The van der Waals surface area contributed by atoms with Crippen LogP contribution in [0.3, 0.4) is 0 Å². The van der Waals surface area contributed by atoms with Crippen molar-refractivity contribution in [2.75, 3.05) is 16.8 Å². The Hall–Kier alpha value is -4.48. The van der Waals surface area contributed by atoms with Crippen LogP contribution in [0.1, 0.15) is 50.1 Å². The Morgan fingerprint density at radius 1 is 0.978 bits per heavy atom. The van der Waals surface area contributed by atoms with Gasteiger partial charge in [0.1, 0.15) is 23.5 Å². The first-order valence-corrected chi connectivity index (χ1v) is 14.6. The van der Waals surface area contributed by atoms with Crippen LogP contribution in [0, 0.1) is 0 Å². The highest BCUT2D eigenvalue weighted by Crippen LogP contribution is 2.38. The molecule has 4 aromatic rings.